The van der Waals surface area contributed by atoms with E-state index in [1.165, 1.54) is 10.8 Å². The van der Waals surface area contributed by atoms with Gasteiger partial charge in [0.15, 0.2) is 0 Å². The number of fused-ring (bicyclic) bond motifs is 1. The highest BCUT2D eigenvalue weighted by molar-refractivity contribution is 5.94. The number of aromatic nitrogens is 4. The molecule has 0 fully saturated rings. The van der Waals surface area contributed by atoms with E-state index in [0.29, 0.717) is 17.2 Å². The number of carbonyl (C=O) groups is 1. The van der Waals surface area contributed by atoms with Crippen molar-refractivity contribution in [3.63, 3.8) is 0 Å². The molecule has 136 valence electrons. The van der Waals surface area contributed by atoms with Crippen LogP contribution in [0.25, 0.3) is 17.0 Å². The summed E-state index contributed by atoms with van der Waals surface area (Å²) in [5.41, 5.74) is 2.01. The third-order valence-electron chi connectivity index (χ3n) is 4.34. The number of carbonyl (C=O) groups excluding carboxylic acids is 1. The van der Waals surface area contributed by atoms with E-state index < -0.39 is 0 Å². The van der Waals surface area contributed by atoms with Crippen LogP contribution in [0.1, 0.15) is 29.6 Å². The smallest absolute Gasteiger partial charge is 0.270 e. The maximum Gasteiger partial charge on any atom is 0.270 e. The molecule has 0 saturated carbocycles. The predicted octanol–water partition coefficient (Wildman–Crippen LogP) is 3.14. The highest BCUT2D eigenvalue weighted by Gasteiger charge is 2.17. The molecule has 4 rings (SSSR count). The molecule has 0 radical (unpaired) electrons. The van der Waals surface area contributed by atoms with Gasteiger partial charge in [0.1, 0.15) is 17.8 Å². The number of nitrogens with zero attached hydrogens (tertiary/aromatic N) is 4. The van der Waals surface area contributed by atoms with Crippen LogP contribution in [0.3, 0.4) is 0 Å². The zero-order valence-electron chi connectivity index (χ0n) is 14.9. The van der Waals surface area contributed by atoms with Crippen LogP contribution in [-0.2, 0) is 6.42 Å². The normalized spacial score (nSPS) is 12.2. The van der Waals surface area contributed by atoms with Crippen LogP contribution < -0.4 is 5.32 Å². The summed E-state index contributed by atoms with van der Waals surface area (Å²) in [7, 11) is 0. The van der Waals surface area contributed by atoms with E-state index in [-0.39, 0.29) is 11.9 Å². The molecule has 4 aromatic rings. The largest absolute Gasteiger partial charge is 0.469 e. The first-order chi connectivity index (χ1) is 13.2. The van der Waals surface area contributed by atoms with Crippen molar-refractivity contribution < 1.29 is 9.21 Å². The molecule has 0 bridgehead atoms. The minimum absolute atomic E-state index is 0.0190. The highest BCUT2D eigenvalue weighted by Crippen LogP contribution is 2.19. The number of benzene rings is 1. The lowest BCUT2D eigenvalue weighted by Crippen LogP contribution is -2.34. The van der Waals surface area contributed by atoms with Crippen molar-refractivity contribution in [3.8, 4) is 11.3 Å². The average Bonchev–Trinajstić information content (AvgIpc) is 3.37. The van der Waals surface area contributed by atoms with E-state index in [0.717, 1.165) is 24.2 Å². The third-order valence-corrected chi connectivity index (χ3v) is 4.34. The number of hydrogen-bond acceptors (Lipinski definition) is 5. The molecule has 7 heteroatoms. The molecular formula is C20H19N5O2. The quantitative estimate of drug-likeness (QED) is 0.570. The van der Waals surface area contributed by atoms with Crippen LogP contribution in [0.15, 0.2) is 65.5 Å². The molecule has 0 saturated heterocycles. The Balaban J connectivity index is 1.56. The maximum atomic E-state index is 12.9. The second kappa shape index (κ2) is 7.41. The summed E-state index contributed by atoms with van der Waals surface area (Å²) in [6.07, 6.45) is 4.59. The minimum Gasteiger partial charge on any atom is -0.469 e. The van der Waals surface area contributed by atoms with Gasteiger partial charge in [0.2, 0.25) is 0 Å². The van der Waals surface area contributed by atoms with Crippen molar-refractivity contribution in [2.45, 2.75) is 25.8 Å². The first-order valence-corrected chi connectivity index (χ1v) is 8.80. The zero-order chi connectivity index (χ0) is 18.6. The SMILES string of the molecule is CC(CCc1ccco1)NC(=O)c1cc(-c2ccccc2)nc2ncnn12. The fourth-order valence-electron chi connectivity index (χ4n) is 2.91. The van der Waals surface area contributed by atoms with Crippen molar-refractivity contribution in [2.24, 2.45) is 0 Å². The summed E-state index contributed by atoms with van der Waals surface area (Å²) in [4.78, 5) is 21.5. The van der Waals surface area contributed by atoms with Gasteiger partial charge in [-0.3, -0.25) is 4.79 Å². The Labute approximate surface area is 156 Å². The topological polar surface area (TPSA) is 85.3 Å². The summed E-state index contributed by atoms with van der Waals surface area (Å²) < 4.78 is 6.80. The number of aryl methyl sites for hydroxylation is 1. The Morgan fingerprint density at radius 1 is 1.22 bits per heavy atom. The molecule has 1 amide bonds. The van der Waals surface area contributed by atoms with Gasteiger partial charge in [0.25, 0.3) is 11.7 Å². The summed E-state index contributed by atoms with van der Waals surface area (Å²) in [5.74, 6) is 1.09. The van der Waals surface area contributed by atoms with Gasteiger partial charge in [-0.15, -0.1) is 0 Å². The lowest BCUT2D eigenvalue weighted by Gasteiger charge is -2.14. The molecule has 0 aliphatic carbocycles. The number of rotatable bonds is 6. The van der Waals surface area contributed by atoms with Gasteiger partial charge in [-0.2, -0.15) is 14.6 Å². The van der Waals surface area contributed by atoms with Gasteiger partial charge in [-0.1, -0.05) is 30.3 Å². The third kappa shape index (κ3) is 3.72. The second-order valence-electron chi connectivity index (χ2n) is 6.36. The Bertz CT molecular complexity index is 1040. The van der Waals surface area contributed by atoms with Crippen molar-refractivity contribution in [2.75, 3.05) is 0 Å². The van der Waals surface area contributed by atoms with Crippen LogP contribution in [-0.4, -0.2) is 31.5 Å². The van der Waals surface area contributed by atoms with Crippen molar-refractivity contribution in [1.29, 1.82) is 0 Å². The summed E-state index contributed by atoms with van der Waals surface area (Å²) >= 11 is 0. The standard InChI is InChI=1S/C20H19N5O2/c1-14(9-10-16-8-5-11-27-16)23-19(26)18-12-17(15-6-3-2-4-7-15)24-20-21-13-22-25(18)20/h2-8,11-14H,9-10H2,1H3,(H,23,26). The Morgan fingerprint density at radius 3 is 2.85 bits per heavy atom. The van der Waals surface area contributed by atoms with E-state index >= 15 is 0 Å². The lowest BCUT2D eigenvalue weighted by atomic mass is 10.1. The molecule has 3 aromatic heterocycles. The van der Waals surface area contributed by atoms with Crippen LogP contribution >= 0.6 is 0 Å². The van der Waals surface area contributed by atoms with Crippen molar-refractivity contribution in [1.82, 2.24) is 24.9 Å². The molecule has 7 nitrogen and oxygen atoms in total. The summed E-state index contributed by atoms with van der Waals surface area (Å²) in [6, 6.07) is 15.2. The first-order valence-electron chi connectivity index (χ1n) is 8.80. The average molecular weight is 361 g/mol. The van der Waals surface area contributed by atoms with Gasteiger partial charge >= 0.3 is 0 Å². The van der Waals surface area contributed by atoms with Crippen molar-refractivity contribution >= 4 is 11.7 Å². The Kier molecular flexibility index (Phi) is 4.65. The van der Waals surface area contributed by atoms with Crippen LogP contribution in [0, 0.1) is 0 Å². The van der Waals surface area contributed by atoms with E-state index in [2.05, 4.69) is 20.4 Å². The molecule has 0 spiro atoms. The fraction of sp³-hybridized carbons (Fsp3) is 0.200. The number of hydrogen-bond donors (Lipinski definition) is 1. The fourth-order valence-corrected chi connectivity index (χ4v) is 2.91. The Morgan fingerprint density at radius 2 is 2.07 bits per heavy atom. The van der Waals surface area contributed by atoms with Gasteiger partial charge in [0.05, 0.1) is 12.0 Å². The molecule has 0 aliphatic heterocycles. The van der Waals surface area contributed by atoms with E-state index in [9.17, 15) is 4.79 Å². The number of amides is 1. The summed E-state index contributed by atoms with van der Waals surface area (Å²) in [5, 5.41) is 7.16. The second-order valence-corrected chi connectivity index (χ2v) is 6.36. The van der Waals surface area contributed by atoms with Gasteiger partial charge in [-0.25, -0.2) is 4.98 Å². The minimum atomic E-state index is -0.211. The zero-order valence-corrected chi connectivity index (χ0v) is 14.9. The molecule has 0 aliphatic rings. The number of furan rings is 1. The maximum absolute atomic E-state index is 12.9. The molecular weight excluding hydrogens is 342 g/mol. The molecule has 1 unspecified atom stereocenters. The Hall–Kier alpha value is -3.48. The summed E-state index contributed by atoms with van der Waals surface area (Å²) in [6.45, 7) is 1.97. The van der Waals surface area contributed by atoms with Crippen LogP contribution in [0.5, 0.6) is 0 Å². The van der Waals surface area contributed by atoms with Crippen molar-refractivity contribution in [3.05, 3.63) is 72.6 Å². The van der Waals surface area contributed by atoms with E-state index in [4.69, 9.17) is 4.42 Å². The monoisotopic (exact) mass is 361 g/mol. The van der Waals surface area contributed by atoms with Crippen LogP contribution in [0.2, 0.25) is 0 Å². The lowest BCUT2D eigenvalue weighted by molar-refractivity contribution is 0.0930. The van der Waals surface area contributed by atoms with E-state index in [1.807, 2.05) is 49.4 Å². The molecule has 1 N–H and O–H groups in total. The van der Waals surface area contributed by atoms with Gasteiger partial charge < -0.3 is 9.73 Å². The van der Waals surface area contributed by atoms with Crippen LogP contribution in [0.4, 0.5) is 0 Å². The molecule has 3 heterocycles. The highest BCUT2D eigenvalue weighted by atomic mass is 16.3. The van der Waals surface area contributed by atoms with E-state index in [1.54, 1.807) is 12.3 Å². The molecule has 1 atom stereocenters. The first kappa shape index (κ1) is 17.0. The molecule has 27 heavy (non-hydrogen) atoms. The van der Waals surface area contributed by atoms with Gasteiger partial charge in [0, 0.05) is 18.0 Å². The van der Waals surface area contributed by atoms with Gasteiger partial charge in [-0.05, 0) is 31.5 Å². The number of nitrogens with one attached hydrogen (secondary N) is 1. The molecule has 1 aromatic carbocycles. The predicted molar refractivity (Wildman–Crippen MR) is 100 cm³/mol.